The van der Waals surface area contributed by atoms with E-state index >= 15 is 0 Å². The van der Waals surface area contributed by atoms with Gasteiger partial charge in [-0.3, -0.25) is 0 Å². The van der Waals surface area contributed by atoms with Crippen molar-refractivity contribution in [2.45, 2.75) is 59.0 Å². The van der Waals surface area contributed by atoms with Crippen molar-refractivity contribution < 1.29 is 8.42 Å². The molecule has 0 amide bonds. The molecular weight excluding hydrogens is 304 g/mol. The lowest BCUT2D eigenvalue weighted by Gasteiger charge is -2.29. The third-order valence-corrected chi connectivity index (χ3v) is 6.37. The van der Waals surface area contributed by atoms with E-state index in [0.29, 0.717) is 29.9 Å². The second-order valence-corrected chi connectivity index (χ2v) is 9.51. The Morgan fingerprint density at radius 1 is 1.24 bits per heavy atom. The lowest BCUT2D eigenvalue weighted by Crippen LogP contribution is -2.36. The SMILES string of the molecule is CC(C)NCc1cc(S(=O)(=O)NCC(C)(C)C(C)C)cs1. The van der Waals surface area contributed by atoms with E-state index in [-0.39, 0.29) is 5.41 Å². The molecule has 4 nitrogen and oxygen atoms in total. The first-order valence-electron chi connectivity index (χ1n) is 7.35. The van der Waals surface area contributed by atoms with Gasteiger partial charge in [0.15, 0.2) is 0 Å². The molecule has 0 radical (unpaired) electrons. The maximum atomic E-state index is 12.3. The molecule has 1 aromatic rings. The minimum Gasteiger partial charge on any atom is -0.310 e. The molecular formula is C15H28N2O2S2. The zero-order valence-corrected chi connectivity index (χ0v) is 15.5. The molecule has 0 atom stereocenters. The quantitative estimate of drug-likeness (QED) is 0.768. The molecule has 0 saturated carbocycles. The van der Waals surface area contributed by atoms with Gasteiger partial charge < -0.3 is 5.32 Å². The van der Waals surface area contributed by atoms with E-state index in [1.807, 2.05) is 0 Å². The first-order valence-corrected chi connectivity index (χ1v) is 9.71. The second kappa shape index (κ2) is 7.22. The van der Waals surface area contributed by atoms with Crippen LogP contribution in [0.5, 0.6) is 0 Å². The summed E-state index contributed by atoms with van der Waals surface area (Å²) in [4.78, 5) is 1.40. The van der Waals surface area contributed by atoms with E-state index in [1.54, 1.807) is 11.4 Å². The summed E-state index contributed by atoms with van der Waals surface area (Å²) in [5.74, 6) is 0.411. The van der Waals surface area contributed by atoms with Crippen molar-refractivity contribution in [1.29, 1.82) is 0 Å². The summed E-state index contributed by atoms with van der Waals surface area (Å²) in [5, 5.41) is 5.00. The van der Waals surface area contributed by atoms with Crippen LogP contribution in [0.3, 0.4) is 0 Å². The lowest BCUT2D eigenvalue weighted by molar-refractivity contribution is 0.252. The highest BCUT2D eigenvalue weighted by molar-refractivity contribution is 7.89. The number of hydrogen-bond donors (Lipinski definition) is 2. The molecule has 0 aliphatic carbocycles. The number of thiophene rings is 1. The van der Waals surface area contributed by atoms with Crippen LogP contribution >= 0.6 is 11.3 Å². The molecule has 0 aliphatic heterocycles. The van der Waals surface area contributed by atoms with Gasteiger partial charge in [0.2, 0.25) is 10.0 Å². The average molecular weight is 333 g/mol. The smallest absolute Gasteiger partial charge is 0.241 e. The van der Waals surface area contributed by atoms with Gasteiger partial charge in [-0.25, -0.2) is 13.1 Å². The highest BCUT2D eigenvalue weighted by atomic mass is 32.2. The first kappa shape index (κ1) is 18.6. The van der Waals surface area contributed by atoms with Crippen molar-refractivity contribution in [3.8, 4) is 0 Å². The Hall–Kier alpha value is -0.430. The topological polar surface area (TPSA) is 58.2 Å². The summed E-state index contributed by atoms with van der Waals surface area (Å²) >= 11 is 1.48. The molecule has 1 rings (SSSR count). The fourth-order valence-electron chi connectivity index (χ4n) is 1.47. The third kappa shape index (κ3) is 5.70. The predicted molar refractivity (Wildman–Crippen MR) is 90.1 cm³/mol. The molecule has 0 spiro atoms. The predicted octanol–water partition coefficient (Wildman–Crippen LogP) is 3.21. The molecule has 1 aromatic heterocycles. The summed E-state index contributed by atoms with van der Waals surface area (Å²) in [7, 11) is -3.41. The molecule has 0 aromatic carbocycles. The summed E-state index contributed by atoms with van der Waals surface area (Å²) in [5.41, 5.74) is -0.0644. The van der Waals surface area contributed by atoms with E-state index in [9.17, 15) is 8.42 Å². The van der Waals surface area contributed by atoms with Crippen LogP contribution in [0, 0.1) is 11.3 Å². The van der Waals surface area contributed by atoms with E-state index < -0.39 is 10.0 Å². The maximum absolute atomic E-state index is 12.3. The number of rotatable bonds is 8. The van der Waals surface area contributed by atoms with Crippen LogP contribution in [0.25, 0.3) is 0 Å². The fraction of sp³-hybridized carbons (Fsp3) is 0.733. The Bertz CT molecular complexity index is 546. The van der Waals surface area contributed by atoms with Crippen molar-refractivity contribution in [2.75, 3.05) is 6.54 Å². The van der Waals surface area contributed by atoms with Crippen LogP contribution in [-0.4, -0.2) is 21.0 Å². The first-order chi connectivity index (χ1) is 9.54. The van der Waals surface area contributed by atoms with Crippen molar-refractivity contribution >= 4 is 21.4 Å². The number of hydrogen-bond acceptors (Lipinski definition) is 4. The Balaban J connectivity index is 2.71. The molecule has 122 valence electrons. The van der Waals surface area contributed by atoms with Crippen LogP contribution in [-0.2, 0) is 16.6 Å². The van der Waals surface area contributed by atoms with E-state index in [1.165, 1.54) is 11.3 Å². The van der Waals surface area contributed by atoms with Crippen molar-refractivity contribution in [1.82, 2.24) is 10.0 Å². The van der Waals surface area contributed by atoms with Gasteiger partial charge in [0.05, 0.1) is 4.90 Å². The molecule has 6 heteroatoms. The zero-order valence-electron chi connectivity index (χ0n) is 13.9. The summed E-state index contributed by atoms with van der Waals surface area (Å²) < 4.78 is 27.4. The van der Waals surface area contributed by atoms with E-state index in [0.717, 1.165) is 4.88 Å². The molecule has 0 saturated heterocycles. The monoisotopic (exact) mass is 332 g/mol. The van der Waals surface area contributed by atoms with Gasteiger partial charge in [-0.2, -0.15) is 0 Å². The van der Waals surface area contributed by atoms with E-state index in [4.69, 9.17) is 0 Å². The Kier molecular flexibility index (Phi) is 6.40. The van der Waals surface area contributed by atoms with Crippen LogP contribution in [0.15, 0.2) is 16.3 Å². The van der Waals surface area contributed by atoms with Crippen molar-refractivity contribution in [3.05, 3.63) is 16.3 Å². The van der Waals surface area contributed by atoms with Gasteiger partial charge in [-0.1, -0.05) is 41.5 Å². The number of nitrogens with one attached hydrogen (secondary N) is 2. The zero-order chi connectivity index (χ0) is 16.3. The Morgan fingerprint density at radius 3 is 2.38 bits per heavy atom. The van der Waals surface area contributed by atoms with Gasteiger partial charge in [-0.05, 0) is 17.4 Å². The van der Waals surface area contributed by atoms with Crippen LogP contribution < -0.4 is 10.0 Å². The number of sulfonamides is 1. The summed E-state index contributed by atoms with van der Waals surface area (Å²) in [6, 6.07) is 2.14. The molecule has 0 bridgehead atoms. The van der Waals surface area contributed by atoms with Gasteiger partial charge in [0.1, 0.15) is 0 Å². The molecule has 0 fully saturated rings. The maximum Gasteiger partial charge on any atom is 0.241 e. The van der Waals surface area contributed by atoms with Crippen molar-refractivity contribution in [2.24, 2.45) is 11.3 Å². The average Bonchev–Trinajstić information content (AvgIpc) is 2.83. The minimum absolute atomic E-state index is 0.0644. The Morgan fingerprint density at radius 2 is 1.86 bits per heavy atom. The molecule has 0 unspecified atom stereocenters. The fourth-order valence-corrected chi connectivity index (χ4v) is 3.92. The van der Waals surface area contributed by atoms with Crippen LogP contribution in [0.2, 0.25) is 0 Å². The minimum atomic E-state index is -3.41. The standard InChI is InChI=1S/C15H28N2O2S2/c1-11(2)15(5,6)10-17-21(18,19)14-7-13(20-9-14)8-16-12(3)4/h7,9,11-12,16-17H,8,10H2,1-6H3. The van der Waals surface area contributed by atoms with Crippen molar-refractivity contribution in [3.63, 3.8) is 0 Å². The Labute approximate surface area is 133 Å². The normalized spacial score (nSPS) is 13.3. The van der Waals surface area contributed by atoms with Gasteiger partial charge in [0.25, 0.3) is 0 Å². The van der Waals surface area contributed by atoms with Gasteiger partial charge >= 0.3 is 0 Å². The highest BCUT2D eigenvalue weighted by Gasteiger charge is 2.25. The highest BCUT2D eigenvalue weighted by Crippen LogP contribution is 2.26. The largest absolute Gasteiger partial charge is 0.310 e. The molecule has 21 heavy (non-hydrogen) atoms. The van der Waals surface area contributed by atoms with E-state index in [2.05, 4.69) is 51.6 Å². The molecule has 2 N–H and O–H groups in total. The summed E-state index contributed by atoms with van der Waals surface area (Å²) in [6.45, 7) is 13.7. The third-order valence-electron chi connectivity index (χ3n) is 3.91. The van der Waals surface area contributed by atoms with Gasteiger partial charge in [-0.15, -0.1) is 11.3 Å². The molecule has 0 aliphatic rings. The lowest BCUT2D eigenvalue weighted by atomic mass is 9.81. The van der Waals surface area contributed by atoms with Gasteiger partial charge in [0, 0.05) is 29.4 Å². The molecule has 1 heterocycles. The summed E-state index contributed by atoms with van der Waals surface area (Å²) in [6.07, 6.45) is 0. The van der Waals surface area contributed by atoms with Crippen LogP contribution in [0.4, 0.5) is 0 Å². The second-order valence-electron chi connectivity index (χ2n) is 6.75. The van der Waals surface area contributed by atoms with Crippen LogP contribution in [0.1, 0.15) is 46.4 Å².